The van der Waals surface area contributed by atoms with E-state index in [1.165, 1.54) is 0 Å². The van der Waals surface area contributed by atoms with E-state index in [1.54, 1.807) is 18.0 Å². The summed E-state index contributed by atoms with van der Waals surface area (Å²) in [7, 11) is 3.78. The lowest BCUT2D eigenvalue weighted by molar-refractivity contribution is 0.479. The Morgan fingerprint density at radius 2 is 2.47 bits per heavy atom. The lowest BCUT2D eigenvalue weighted by Crippen LogP contribution is -2.38. The average molecular weight is 224 g/mol. The van der Waals surface area contributed by atoms with E-state index in [4.69, 9.17) is 5.26 Å². The van der Waals surface area contributed by atoms with Gasteiger partial charge in [0.1, 0.15) is 5.54 Å². The van der Waals surface area contributed by atoms with Crippen molar-refractivity contribution in [3.05, 3.63) is 12.4 Å². The maximum atomic E-state index is 8.95. The number of thioether (sulfide) groups is 1. The Labute approximate surface area is 94.7 Å². The van der Waals surface area contributed by atoms with Crippen molar-refractivity contribution in [1.82, 2.24) is 14.9 Å². The van der Waals surface area contributed by atoms with Gasteiger partial charge in [-0.15, -0.1) is 0 Å². The Morgan fingerprint density at radius 1 is 1.73 bits per heavy atom. The van der Waals surface area contributed by atoms with Crippen LogP contribution in [0.15, 0.2) is 17.6 Å². The smallest absolute Gasteiger partial charge is 0.167 e. The second-order valence-corrected chi connectivity index (χ2v) is 4.68. The van der Waals surface area contributed by atoms with Gasteiger partial charge in [-0.3, -0.25) is 0 Å². The summed E-state index contributed by atoms with van der Waals surface area (Å²) in [6.07, 6.45) is 4.51. The van der Waals surface area contributed by atoms with E-state index in [1.807, 2.05) is 31.8 Å². The molecule has 0 aromatic carbocycles. The molecule has 1 heterocycles. The van der Waals surface area contributed by atoms with Crippen molar-refractivity contribution >= 4 is 11.8 Å². The van der Waals surface area contributed by atoms with Gasteiger partial charge in [-0.1, -0.05) is 11.8 Å². The van der Waals surface area contributed by atoms with Crippen molar-refractivity contribution in [1.29, 1.82) is 5.26 Å². The average Bonchev–Trinajstić information content (AvgIpc) is 2.64. The minimum absolute atomic E-state index is 0.432. The molecule has 15 heavy (non-hydrogen) atoms. The molecule has 0 radical (unpaired) electrons. The zero-order chi connectivity index (χ0) is 11.3. The summed E-state index contributed by atoms with van der Waals surface area (Å²) < 4.78 is 1.98. The van der Waals surface area contributed by atoms with E-state index in [2.05, 4.69) is 16.4 Å². The highest BCUT2D eigenvalue weighted by molar-refractivity contribution is 7.99. The van der Waals surface area contributed by atoms with Crippen LogP contribution in [-0.2, 0) is 7.05 Å². The highest BCUT2D eigenvalue weighted by Crippen LogP contribution is 2.19. The molecule has 0 aliphatic carbocycles. The lowest BCUT2D eigenvalue weighted by Gasteiger charge is -2.19. The van der Waals surface area contributed by atoms with Crippen LogP contribution < -0.4 is 5.32 Å². The lowest BCUT2D eigenvalue weighted by atomic mass is 10.0. The molecule has 1 aromatic heterocycles. The molecule has 0 amide bonds. The van der Waals surface area contributed by atoms with Crippen molar-refractivity contribution in [2.45, 2.75) is 24.0 Å². The number of hydrogen-bond acceptors (Lipinski definition) is 4. The second kappa shape index (κ2) is 5.19. The molecule has 1 atom stereocenters. The molecule has 1 rings (SSSR count). The summed E-state index contributed by atoms with van der Waals surface area (Å²) in [4.78, 5) is 4.21. The van der Waals surface area contributed by atoms with Gasteiger partial charge in [0.2, 0.25) is 0 Å². The Kier molecular flexibility index (Phi) is 4.18. The third-order valence-electron chi connectivity index (χ3n) is 2.41. The SMILES string of the molecule is CNC(C)(C#N)CCSc1nccn1C. The van der Waals surface area contributed by atoms with Crippen LogP contribution in [0.2, 0.25) is 0 Å². The number of imidazole rings is 1. The van der Waals surface area contributed by atoms with Crippen molar-refractivity contribution in [2.24, 2.45) is 7.05 Å². The second-order valence-electron chi connectivity index (χ2n) is 3.61. The number of aryl methyl sites for hydroxylation is 1. The summed E-state index contributed by atoms with van der Waals surface area (Å²) >= 11 is 1.67. The fraction of sp³-hybridized carbons (Fsp3) is 0.600. The Balaban J connectivity index is 2.40. The van der Waals surface area contributed by atoms with Crippen LogP contribution >= 0.6 is 11.8 Å². The van der Waals surface area contributed by atoms with E-state index in [9.17, 15) is 0 Å². The zero-order valence-corrected chi connectivity index (χ0v) is 10.1. The van der Waals surface area contributed by atoms with Gasteiger partial charge < -0.3 is 9.88 Å². The van der Waals surface area contributed by atoms with Crippen molar-refractivity contribution in [2.75, 3.05) is 12.8 Å². The standard InChI is InChI=1S/C10H16N4S/c1-10(8-11,12-2)4-7-15-9-13-5-6-14(9)3/h5-6,12H,4,7H2,1-3H3. The molecule has 0 spiro atoms. The highest BCUT2D eigenvalue weighted by atomic mass is 32.2. The molecule has 0 fully saturated rings. The van der Waals surface area contributed by atoms with Gasteiger partial charge in [-0.05, 0) is 20.4 Å². The van der Waals surface area contributed by atoms with Gasteiger partial charge >= 0.3 is 0 Å². The van der Waals surface area contributed by atoms with Gasteiger partial charge in [0.05, 0.1) is 6.07 Å². The Bertz CT molecular complexity index is 355. The molecule has 0 bridgehead atoms. The number of nitriles is 1. The number of rotatable bonds is 5. The van der Waals surface area contributed by atoms with E-state index < -0.39 is 5.54 Å². The van der Waals surface area contributed by atoms with Gasteiger partial charge in [-0.25, -0.2) is 4.98 Å². The molecular formula is C10H16N4S. The minimum Gasteiger partial charge on any atom is -0.329 e. The molecule has 0 saturated carbocycles. The normalized spacial score (nSPS) is 14.5. The van der Waals surface area contributed by atoms with Gasteiger partial charge in [-0.2, -0.15) is 5.26 Å². The van der Waals surface area contributed by atoms with E-state index >= 15 is 0 Å². The molecule has 1 unspecified atom stereocenters. The first-order valence-electron chi connectivity index (χ1n) is 4.81. The maximum absolute atomic E-state index is 8.95. The summed E-state index contributed by atoms with van der Waals surface area (Å²) in [5, 5.41) is 13.0. The van der Waals surface area contributed by atoms with Crippen molar-refractivity contribution < 1.29 is 0 Å². The van der Waals surface area contributed by atoms with Crippen LogP contribution in [-0.4, -0.2) is 27.9 Å². The number of nitrogens with zero attached hydrogens (tertiary/aromatic N) is 3. The largest absolute Gasteiger partial charge is 0.329 e. The summed E-state index contributed by atoms with van der Waals surface area (Å²) in [6.45, 7) is 1.91. The number of aromatic nitrogens is 2. The van der Waals surface area contributed by atoms with E-state index in [-0.39, 0.29) is 0 Å². The molecular weight excluding hydrogens is 208 g/mol. The molecule has 0 aliphatic heterocycles. The van der Waals surface area contributed by atoms with Crippen LogP contribution in [0.3, 0.4) is 0 Å². The summed E-state index contributed by atoms with van der Waals surface area (Å²) in [5.41, 5.74) is -0.432. The zero-order valence-electron chi connectivity index (χ0n) is 9.32. The highest BCUT2D eigenvalue weighted by Gasteiger charge is 2.20. The molecule has 1 N–H and O–H groups in total. The fourth-order valence-electron chi connectivity index (χ4n) is 1.07. The molecule has 5 heteroatoms. The van der Waals surface area contributed by atoms with Gasteiger partial charge in [0.15, 0.2) is 5.16 Å². The van der Waals surface area contributed by atoms with Crippen molar-refractivity contribution in [3.8, 4) is 6.07 Å². The van der Waals surface area contributed by atoms with Crippen LogP contribution in [0.4, 0.5) is 0 Å². The van der Waals surface area contributed by atoms with Gasteiger partial charge in [0, 0.05) is 25.2 Å². The van der Waals surface area contributed by atoms with Crippen LogP contribution in [0, 0.1) is 11.3 Å². The Hall–Kier alpha value is -0.990. The van der Waals surface area contributed by atoms with Crippen molar-refractivity contribution in [3.63, 3.8) is 0 Å². The minimum atomic E-state index is -0.432. The number of nitrogens with one attached hydrogen (secondary N) is 1. The van der Waals surface area contributed by atoms with Crippen LogP contribution in [0.5, 0.6) is 0 Å². The first-order chi connectivity index (χ1) is 7.11. The molecule has 4 nitrogen and oxygen atoms in total. The number of hydrogen-bond donors (Lipinski definition) is 1. The van der Waals surface area contributed by atoms with Crippen LogP contribution in [0.25, 0.3) is 0 Å². The third kappa shape index (κ3) is 3.26. The molecule has 0 aliphatic rings. The molecule has 82 valence electrons. The first kappa shape index (κ1) is 12.1. The first-order valence-corrected chi connectivity index (χ1v) is 5.80. The summed E-state index contributed by atoms with van der Waals surface area (Å²) in [6, 6.07) is 2.27. The van der Waals surface area contributed by atoms with E-state index in [0.29, 0.717) is 0 Å². The Morgan fingerprint density at radius 3 is 2.93 bits per heavy atom. The maximum Gasteiger partial charge on any atom is 0.167 e. The predicted octanol–water partition coefficient (Wildman–Crippen LogP) is 1.40. The topological polar surface area (TPSA) is 53.6 Å². The molecule has 1 aromatic rings. The molecule has 0 saturated heterocycles. The fourth-order valence-corrected chi connectivity index (χ4v) is 2.17. The summed E-state index contributed by atoms with van der Waals surface area (Å²) in [5.74, 6) is 0.885. The third-order valence-corrected chi connectivity index (χ3v) is 3.47. The van der Waals surface area contributed by atoms with Crippen LogP contribution in [0.1, 0.15) is 13.3 Å². The quantitative estimate of drug-likeness (QED) is 0.768. The predicted molar refractivity (Wildman–Crippen MR) is 61.6 cm³/mol. The monoisotopic (exact) mass is 224 g/mol. The van der Waals surface area contributed by atoms with E-state index in [0.717, 1.165) is 17.3 Å². The van der Waals surface area contributed by atoms with Gasteiger partial charge in [0.25, 0.3) is 0 Å².